The number of likely N-dealkylation sites (N-methyl/N-ethyl adjacent to an activating group) is 4. The number of benzene rings is 2. The van der Waals surface area contributed by atoms with Crippen molar-refractivity contribution in [2.75, 3.05) is 54.6 Å². The van der Waals surface area contributed by atoms with E-state index in [0.29, 0.717) is 44.0 Å². The standard InChI is InChI=1S/C63H86F2N4O17/c1-38(50(70)67(11)47(37-61(8,9)65)55(76)85-49(53(73)74)35-41-16-20-43(21-17-41)45-24-32-81-33-25-45)82-56(77)62(26-27-62)68(12)52(72)48(34-40-14-18-42(19-15-40)44-22-30-80-31-23-44)84-54(75)46(36-60(6,7)64)66(10)51(71)39(2)83-57(78)63(28-29-63)69(13)58(79)86-59(3,4)5/h14-21,24,38-39,44,46-49H,22-23,25-37H2,1-13H3,(H,73,74)/t38-,39-,46+,47+,48-,49-/m1/s1. The summed E-state index contributed by atoms with van der Waals surface area (Å²) in [5.41, 5.74) is -4.12. The average molecular weight is 1210 g/mol. The Morgan fingerprint density at radius 1 is 0.605 bits per heavy atom. The number of carbonyl (C=O) groups excluding carboxylic acids is 8. The van der Waals surface area contributed by atoms with Crippen molar-refractivity contribution in [3.8, 4) is 0 Å². The summed E-state index contributed by atoms with van der Waals surface area (Å²) in [5.74, 6) is -8.44. The molecule has 2 aliphatic carbocycles. The smallest absolute Gasteiger partial charge is 0.410 e. The number of halogens is 2. The zero-order chi connectivity index (χ0) is 63.9. The van der Waals surface area contributed by atoms with E-state index in [0.717, 1.165) is 70.0 Å². The molecule has 474 valence electrons. The van der Waals surface area contributed by atoms with Crippen molar-refractivity contribution < 1.29 is 90.2 Å². The summed E-state index contributed by atoms with van der Waals surface area (Å²) in [6, 6.07) is 11.0. The highest BCUT2D eigenvalue weighted by Gasteiger charge is 2.60. The highest BCUT2D eigenvalue weighted by atomic mass is 19.1. The SMILES string of the molecule is C[C@@H](OC(=O)C1(N(C)C(=O)OC(C)(C)C)CC1)C(=O)N(C)[C@@H](CC(C)(C)F)C(=O)O[C@H](Cc1ccc(C2CCOCC2)cc1)C(=O)N(C)C1(C(=O)O[C@H](C)C(=O)N(C)[C@@H](CC(C)(C)F)C(=O)O[C@H](Cc2ccc(C3=CCOCC3)cc2)C(=O)O)CC1. The van der Waals surface area contributed by atoms with Crippen LogP contribution in [0, 0.1) is 0 Å². The zero-order valence-electron chi connectivity index (χ0n) is 51.9. The van der Waals surface area contributed by atoms with Crippen LogP contribution in [0.3, 0.4) is 0 Å². The first kappa shape index (κ1) is 68.1. The quantitative estimate of drug-likeness (QED) is 0.0718. The van der Waals surface area contributed by atoms with Gasteiger partial charge in [0.05, 0.1) is 13.2 Å². The Balaban J connectivity index is 1.18. The van der Waals surface area contributed by atoms with Gasteiger partial charge in [-0.15, -0.1) is 0 Å². The van der Waals surface area contributed by atoms with E-state index in [1.165, 1.54) is 48.8 Å². The van der Waals surface area contributed by atoms with E-state index in [4.69, 9.17) is 33.2 Å². The molecule has 0 aromatic heterocycles. The average Bonchev–Trinajstić information content (AvgIpc) is 1.69. The molecule has 2 saturated carbocycles. The van der Waals surface area contributed by atoms with Crippen LogP contribution in [0.1, 0.15) is 148 Å². The molecule has 2 aromatic rings. The number of carboxylic acids is 1. The monoisotopic (exact) mass is 1210 g/mol. The van der Waals surface area contributed by atoms with Crippen LogP contribution < -0.4 is 0 Å². The van der Waals surface area contributed by atoms with Crippen molar-refractivity contribution in [3.05, 3.63) is 76.9 Å². The van der Waals surface area contributed by atoms with Gasteiger partial charge in [-0.05, 0) is 141 Å². The summed E-state index contributed by atoms with van der Waals surface area (Å²) in [6.07, 6.45) is -4.44. The molecule has 23 heteroatoms. The summed E-state index contributed by atoms with van der Waals surface area (Å²) in [4.78, 5) is 129. The second-order valence-electron chi connectivity index (χ2n) is 25.3. The number of carbonyl (C=O) groups is 9. The Morgan fingerprint density at radius 2 is 1.05 bits per heavy atom. The molecule has 21 nitrogen and oxygen atoms in total. The van der Waals surface area contributed by atoms with E-state index >= 15 is 8.78 Å². The zero-order valence-corrected chi connectivity index (χ0v) is 51.9. The van der Waals surface area contributed by atoms with Crippen LogP contribution >= 0.6 is 0 Å². The largest absolute Gasteiger partial charge is 0.478 e. The highest BCUT2D eigenvalue weighted by Crippen LogP contribution is 2.44. The van der Waals surface area contributed by atoms with Crippen LogP contribution in [0.15, 0.2) is 54.6 Å². The highest BCUT2D eigenvalue weighted by molar-refractivity contribution is 5.96. The third-order valence-electron chi connectivity index (χ3n) is 16.2. The lowest BCUT2D eigenvalue weighted by atomic mass is 9.90. The number of ether oxygens (including phenoxy) is 7. The molecular weight excluding hydrogens is 1120 g/mol. The number of hydrogen-bond acceptors (Lipinski definition) is 16. The van der Waals surface area contributed by atoms with Crippen LogP contribution in [0.2, 0.25) is 0 Å². The molecule has 1 N–H and O–H groups in total. The molecule has 6 atom stereocenters. The number of alkyl halides is 2. The number of hydrogen-bond donors (Lipinski definition) is 1. The first-order valence-electron chi connectivity index (χ1n) is 29.3. The maximum atomic E-state index is 15.8. The second kappa shape index (κ2) is 27.8. The van der Waals surface area contributed by atoms with Crippen molar-refractivity contribution >= 4 is 59.2 Å². The fourth-order valence-electron chi connectivity index (χ4n) is 10.5. The van der Waals surface area contributed by atoms with E-state index < -0.39 is 131 Å². The summed E-state index contributed by atoms with van der Waals surface area (Å²) < 4.78 is 70.4. The van der Waals surface area contributed by atoms with Crippen LogP contribution in [0.4, 0.5) is 13.6 Å². The van der Waals surface area contributed by atoms with Crippen LogP contribution in [-0.2, 0) is 84.4 Å². The summed E-state index contributed by atoms with van der Waals surface area (Å²) in [7, 11) is 5.03. The molecular formula is C63H86F2N4O17. The minimum atomic E-state index is -2.12. The van der Waals surface area contributed by atoms with Crippen molar-refractivity contribution in [1.29, 1.82) is 0 Å². The van der Waals surface area contributed by atoms with Crippen LogP contribution in [0.25, 0.3) is 5.57 Å². The molecule has 0 bridgehead atoms. The van der Waals surface area contributed by atoms with Gasteiger partial charge >= 0.3 is 35.9 Å². The van der Waals surface area contributed by atoms with E-state index in [-0.39, 0.29) is 44.4 Å². The van der Waals surface area contributed by atoms with E-state index in [1.807, 2.05) is 30.3 Å². The van der Waals surface area contributed by atoms with Gasteiger partial charge in [-0.2, -0.15) is 0 Å². The molecule has 1 saturated heterocycles. The second-order valence-corrected chi connectivity index (χ2v) is 25.3. The van der Waals surface area contributed by atoms with Crippen molar-refractivity contribution in [1.82, 2.24) is 19.6 Å². The minimum Gasteiger partial charge on any atom is -0.478 e. The molecule has 0 spiro atoms. The van der Waals surface area contributed by atoms with E-state index in [9.17, 15) is 48.3 Å². The lowest BCUT2D eigenvalue weighted by molar-refractivity contribution is -0.176. The van der Waals surface area contributed by atoms with Crippen molar-refractivity contribution in [2.24, 2.45) is 0 Å². The maximum Gasteiger partial charge on any atom is 0.410 e. The Morgan fingerprint density at radius 3 is 1.47 bits per heavy atom. The Bertz CT molecular complexity index is 2830. The lowest BCUT2D eigenvalue weighted by Crippen LogP contribution is -2.55. The summed E-state index contributed by atoms with van der Waals surface area (Å²) in [5, 5.41) is 10.2. The molecule has 86 heavy (non-hydrogen) atoms. The van der Waals surface area contributed by atoms with Crippen molar-refractivity contribution in [3.63, 3.8) is 0 Å². The van der Waals surface area contributed by atoms with Gasteiger partial charge in [0.1, 0.15) is 40.1 Å². The van der Waals surface area contributed by atoms with Crippen LogP contribution in [0.5, 0.6) is 0 Å². The van der Waals surface area contributed by atoms with Gasteiger partial charge in [-0.25, -0.2) is 37.5 Å². The molecule has 0 radical (unpaired) electrons. The molecule has 4 aliphatic rings. The fraction of sp³-hybridized carbons (Fsp3) is 0.635. The predicted octanol–water partition coefficient (Wildman–Crippen LogP) is 7.26. The number of rotatable bonds is 26. The predicted molar refractivity (Wildman–Crippen MR) is 308 cm³/mol. The first-order valence-corrected chi connectivity index (χ1v) is 29.3. The molecule has 2 heterocycles. The van der Waals surface area contributed by atoms with Gasteiger partial charge in [0.15, 0.2) is 18.3 Å². The van der Waals surface area contributed by atoms with Gasteiger partial charge in [0, 0.05) is 67.1 Å². The molecule has 3 fully saturated rings. The Hall–Kier alpha value is -7.01. The fourth-order valence-corrected chi connectivity index (χ4v) is 10.5. The topological polar surface area (TPSA) is 251 Å². The number of amides is 4. The Kier molecular flexibility index (Phi) is 22.0. The normalized spacial score (nSPS) is 18.6. The molecule has 4 amide bonds. The number of esters is 4. The van der Waals surface area contributed by atoms with Gasteiger partial charge < -0.3 is 53.0 Å². The lowest BCUT2D eigenvalue weighted by Gasteiger charge is -2.35. The molecule has 6 rings (SSSR count). The van der Waals surface area contributed by atoms with E-state index in [1.54, 1.807) is 45.0 Å². The van der Waals surface area contributed by atoms with Gasteiger partial charge in [-0.3, -0.25) is 19.3 Å². The van der Waals surface area contributed by atoms with Crippen LogP contribution in [-0.4, -0.2) is 198 Å². The van der Waals surface area contributed by atoms with Gasteiger partial charge in [-0.1, -0.05) is 54.6 Å². The molecule has 0 unspecified atom stereocenters. The first-order chi connectivity index (χ1) is 40.1. The van der Waals surface area contributed by atoms with Gasteiger partial charge in [0.2, 0.25) is 6.10 Å². The minimum absolute atomic E-state index is 0.0315. The van der Waals surface area contributed by atoms with Gasteiger partial charge in [0.25, 0.3) is 17.7 Å². The number of nitrogens with zero attached hydrogens (tertiary/aromatic N) is 4. The van der Waals surface area contributed by atoms with E-state index in [2.05, 4.69) is 0 Å². The number of carboxylic acid groups (broad SMARTS) is 1. The molecule has 2 aliphatic heterocycles. The maximum absolute atomic E-state index is 15.8. The Labute approximate surface area is 502 Å². The molecule has 2 aromatic carbocycles. The third kappa shape index (κ3) is 17.8. The van der Waals surface area contributed by atoms with Crippen molar-refractivity contribution in [2.45, 2.75) is 203 Å². The third-order valence-corrected chi connectivity index (χ3v) is 16.2. The number of aliphatic carboxylic acids is 1. The summed E-state index contributed by atoms with van der Waals surface area (Å²) in [6.45, 7) is 14.4. The summed E-state index contributed by atoms with van der Waals surface area (Å²) >= 11 is 0.